The van der Waals surface area contributed by atoms with Crippen LogP contribution in [-0.2, 0) is 23.5 Å². The summed E-state index contributed by atoms with van der Waals surface area (Å²) in [5.41, 5.74) is -0.459. The van der Waals surface area contributed by atoms with Crippen molar-refractivity contribution in [2.45, 2.75) is 31.6 Å². The fraction of sp³-hybridized carbons (Fsp3) is 0.231. The summed E-state index contributed by atoms with van der Waals surface area (Å²) in [7, 11) is 1.60. The summed E-state index contributed by atoms with van der Waals surface area (Å²) in [5, 5.41) is 4.16. The number of thiophene rings is 1. The SMILES string of the molecule is C=CC(=O)N1Cc2sc(-c3ccco3)cc2[C@H](c2ccccc2-c2cn(CC)nc2C(F)(F)P)C1. The molecule has 2 atom stereocenters. The van der Waals surface area contributed by atoms with Gasteiger partial charge in [-0.1, -0.05) is 40.1 Å². The average Bonchev–Trinajstić information content (AvgIpc) is 3.61. The van der Waals surface area contributed by atoms with Gasteiger partial charge in [0.05, 0.1) is 17.7 Å². The fourth-order valence-electron chi connectivity index (χ4n) is 4.59. The van der Waals surface area contributed by atoms with Crippen LogP contribution in [0.25, 0.3) is 21.8 Å². The van der Waals surface area contributed by atoms with E-state index in [0.29, 0.717) is 30.8 Å². The third-order valence-corrected chi connectivity index (χ3v) is 7.66. The van der Waals surface area contributed by atoms with Crippen LogP contribution in [0.15, 0.2) is 72.0 Å². The number of furan rings is 1. The summed E-state index contributed by atoms with van der Waals surface area (Å²) >= 11 is 1.58. The standard InChI is InChI=1S/C26H24F2N3O2PS/c1-3-24(32)30-13-19(18-12-22(35-23(18)15-30)21-10-7-11-33-21)16-8-5-6-9-17(16)20-14-31(4-2)29-25(20)26(27,28)34/h3,5-12,14,19H,1,4,13,15,34H2,2H3/t19-/m0/s1. The van der Waals surface area contributed by atoms with Crippen LogP contribution < -0.4 is 0 Å². The van der Waals surface area contributed by atoms with Crippen LogP contribution in [0, 0.1) is 0 Å². The van der Waals surface area contributed by atoms with Crippen molar-refractivity contribution in [2.75, 3.05) is 6.54 Å². The van der Waals surface area contributed by atoms with Crippen molar-refractivity contribution in [3.63, 3.8) is 0 Å². The molecule has 4 heterocycles. The van der Waals surface area contributed by atoms with E-state index < -0.39 is 5.66 Å². The highest BCUT2D eigenvalue weighted by Crippen LogP contribution is 2.46. The van der Waals surface area contributed by atoms with Gasteiger partial charge in [0.15, 0.2) is 0 Å². The highest BCUT2D eigenvalue weighted by atomic mass is 32.1. The molecular weight excluding hydrogens is 487 g/mol. The Kier molecular flexibility index (Phi) is 6.20. The number of nitrogens with zero attached hydrogens (tertiary/aromatic N) is 3. The Morgan fingerprint density at radius 2 is 2.09 bits per heavy atom. The van der Waals surface area contributed by atoms with Gasteiger partial charge < -0.3 is 9.32 Å². The van der Waals surface area contributed by atoms with Gasteiger partial charge in [-0.2, -0.15) is 13.9 Å². The van der Waals surface area contributed by atoms with Crippen LogP contribution in [0.2, 0.25) is 0 Å². The lowest BCUT2D eigenvalue weighted by Gasteiger charge is -2.33. The van der Waals surface area contributed by atoms with E-state index in [2.05, 4.69) is 17.7 Å². The first-order valence-corrected chi connectivity index (χ1v) is 12.6. The molecule has 1 amide bonds. The second-order valence-corrected chi connectivity index (χ2v) is 10.3. The molecular formula is C26H24F2N3O2PS. The molecule has 0 bridgehead atoms. The van der Waals surface area contributed by atoms with Crippen molar-refractivity contribution in [3.05, 3.63) is 89.3 Å². The Morgan fingerprint density at radius 1 is 1.29 bits per heavy atom. The Hall–Kier alpha value is -3.09. The lowest BCUT2D eigenvalue weighted by molar-refractivity contribution is -0.127. The third kappa shape index (κ3) is 4.37. The number of halogens is 2. The van der Waals surface area contributed by atoms with E-state index >= 15 is 0 Å². The van der Waals surface area contributed by atoms with E-state index in [1.807, 2.05) is 43.3 Å². The smallest absolute Gasteiger partial charge is 0.302 e. The lowest BCUT2D eigenvalue weighted by atomic mass is 9.83. The zero-order valence-electron chi connectivity index (χ0n) is 19.1. The van der Waals surface area contributed by atoms with Gasteiger partial charge in [0, 0.05) is 35.6 Å². The molecule has 3 aromatic heterocycles. The highest BCUT2D eigenvalue weighted by Gasteiger charge is 2.36. The lowest BCUT2D eigenvalue weighted by Crippen LogP contribution is -2.37. The predicted molar refractivity (Wildman–Crippen MR) is 136 cm³/mol. The fourth-order valence-corrected chi connectivity index (χ4v) is 6.01. The number of benzene rings is 1. The minimum Gasteiger partial charge on any atom is -0.464 e. The van der Waals surface area contributed by atoms with Crippen molar-refractivity contribution in [3.8, 4) is 21.8 Å². The topological polar surface area (TPSA) is 51.3 Å². The molecule has 0 fully saturated rings. The molecule has 0 radical (unpaired) electrons. The van der Waals surface area contributed by atoms with Crippen molar-refractivity contribution >= 4 is 26.5 Å². The van der Waals surface area contributed by atoms with E-state index in [0.717, 1.165) is 26.6 Å². The monoisotopic (exact) mass is 511 g/mol. The number of hydrogen-bond acceptors (Lipinski definition) is 4. The van der Waals surface area contributed by atoms with Gasteiger partial charge in [0.2, 0.25) is 5.91 Å². The van der Waals surface area contributed by atoms with Crippen LogP contribution in [0.3, 0.4) is 0 Å². The summed E-state index contributed by atoms with van der Waals surface area (Å²) in [6.45, 7) is 6.87. The van der Waals surface area contributed by atoms with E-state index in [1.54, 1.807) is 37.9 Å². The molecule has 0 aliphatic carbocycles. The largest absolute Gasteiger partial charge is 0.464 e. The van der Waals surface area contributed by atoms with Crippen LogP contribution >= 0.6 is 20.6 Å². The first kappa shape index (κ1) is 23.6. The number of rotatable bonds is 6. The molecule has 4 aromatic rings. The van der Waals surface area contributed by atoms with Crippen molar-refractivity contribution in [1.29, 1.82) is 0 Å². The summed E-state index contributed by atoms with van der Waals surface area (Å²) in [6, 6.07) is 13.4. The van der Waals surface area contributed by atoms with Crippen LogP contribution in [-0.4, -0.2) is 27.1 Å². The number of aryl methyl sites for hydroxylation is 1. The van der Waals surface area contributed by atoms with Gasteiger partial charge in [-0.05, 0) is 47.9 Å². The molecule has 1 unspecified atom stereocenters. The van der Waals surface area contributed by atoms with E-state index in [-0.39, 0.29) is 17.5 Å². The highest BCUT2D eigenvalue weighted by molar-refractivity contribution is 7.17. The van der Waals surface area contributed by atoms with E-state index in [9.17, 15) is 13.6 Å². The van der Waals surface area contributed by atoms with Gasteiger partial charge in [-0.15, -0.1) is 11.3 Å². The van der Waals surface area contributed by atoms with Crippen LogP contribution in [0.1, 0.15) is 34.5 Å². The first-order chi connectivity index (χ1) is 16.8. The van der Waals surface area contributed by atoms with E-state index in [4.69, 9.17) is 4.42 Å². The number of aromatic nitrogens is 2. The maximum atomic E-state index is 14.6. The van der Waals surface area contributed by atoms with Crippen LogP contribution in [0.5, 0.6) is 0 Å². The number of fused-ring (bicyclic) bond motifs is 1. The van der Waals surface area contributed by atoms with Gasteiger partial charge in [0.1, 0.15) is 11.5 Å². The molecule has 0 spiro atoms. The summed E-state index contributed by atoms with van der Waals surface area (Å²) in [4.78, 5) is 16.4. The number of amides is 1. The second-order valence-electron chi connectivity index (χ2n) is 8.40. The Balaban J connectivity index is 1.68. The van der Waals surface area contributed by atoms with Gasteiger partial charge >= 0.3 is 5.66 Å². The average molecular weight is 512 g/mol. The third-order valence-electron chi connectivity index (χ3n) is 6.23. The number of hydrogen-bond donors (Lipinski definition) is 0. The predicted octanol–water partition coefficient (Wildman–Crippen LogP) is 6.48. The molecule has 0 N–H and O–H groups in total. The van der Waals surface area contributed by atoms with Crippen molar-refractivity contribution < 1.29 is 18.0 Å². The molecule has 5 rings (SSSR count). The molecule has 180 valence electrons. The molecule has 1 aliphatic heterocycles. The number of alkyl halides is 2. The zero-order valence-corrected chi connectivity index (χ0v) is 21.1. The molecule has 35 heavy (non-hydrogen) atoms. The zero-order chi connectivity index (χ0) is 24.7. The second kappa shape index (κ2) is 9.17. The van der Waals surface area contributed by atoms with Crippen molar-refractivity contribution in [2.24, 2.45) is 0 Å². The first-order valence-electron chi connectivity index (χ1n) is 11.2. The maximum absolute atomic E-state index is 14.6. The van der Waals surface area contributed by atoms with Crippen LogP contribution in [0.4, 0.5) is 8.78 Å². The molecule has 5 nitrogen and oxygen atoms in total. The van der Waals surface area contributed by atoms with Gasteiger partial charge in [-0.25, -0.2) is 0 Å². The minimum absolute atomic E-state index is 0.165. The quantitative estimate of drug-likeness (QED) is 0.220. The molecule has 0 saturated heterocycles. The molecule has 0 saturated carbocycles. The molecule has 1 aromatic carbocycles. The maximum Gasteiger partial charge on any atom is 0.302 e. The van der Waals surface area contributed by atoms with E-state index in [1.165, 1.54) is 10.8 Å². The molecule has 9 heteroatoms. The summed E-state index contributed by atoms with van der Waals surface area (Å²) < 4.78 is 36.2. The van der Waals surface area contributed by atoms with Gasteiger partial charge in [-0.3, -0.25) is 9.48 Å². The van der Waals surface area contributed by atoms with Gasteiger partial charge in [0.25, 0.3) is 0 Å². The summed E-state index contributed by atoms with van der Waals surface area (Å²) in [5.74, 6) is 0.379. The Bertz CT molecular complexity index is 1390. The van der Waals surface area contributed by atoms with Crippen molar-refractivity contribution in [1.82, 2.24) is 14.7 Å². The molecule has 1 aliphatic rings. The summed E-state index contributed by atoms with van der Waals surface area (Å²) in [6.07, 6.45) is 4.61. The number of carbonyl (C=O) groups is 1. The Labute approximate surface area is 208 Å². The Morgan fingerprint density at radius 3 is 2.77 bits per heavy atom. The normalized spacial score (nSPS) is 15.8. The minimum atomic E-state index is -3.18. The number of carbonyl (C=O) groups excluding carboxylic acids is 1.